The zero-order valence-electron chi connectivity index (χ0n) is 19.2. The quantitative estimate of drug-likeness (QED) is 0.272. The fourth-order valence-corrected chi connectivity index (χ4v) is 6.59. The highest BCUT2D eigenvalue weighted by atomic mass is 32.2. The van der Waals surface area contributed by atoms with Crippen LogP contribution in [-0.4, -0.2) is 20.5 Å². The molecule has 4 nitrogen and oxygen atoms in total. The molecule has 0 saturated carbocycles. The molecule has 0 N–H and O–H groups in total. The van der Waals surface area contributed by atoms with E-state index in [4.69, 9.17) is 24.4 Å². The highest BCUT2D eigenvalue weighted by molar-refractivity contribution is 8.30. The van der Waals surface area contributed by atoms with Gasteiger partial charge in [-0.25, -0.2) is 0 Å². The number of anilines is 2. The minimum absolute atomic E-state index is 0.272. The van der Waals surface area contributed by atoms with E-state index >= 15 is 0 Å². The molecule has 0 unspecified atom stereocenters. The van der Waals surface area contributed by atoms with Gasteiger partial charge in [-0.2, -0.15) is 0 Å². The van der Waals surface area contributed by atoms with Crippen molar-refractivity contribution in [3.63, 3.8) is 0 Å². The number of thioether (sulfide) groups is 2. The predicted molar refractivity (Wildman–Crippen MR) is 152 cm³/mol. The average molecular weight is 527 g/mol. The van der Waals surface area contributed by atoms with Crippen molar-refractivity contribution < 1.29 is 9.59 Å². The first kappa shape index (κ1) is 25.1. The van der Waals surface area contributed by atoms with E-state index in [-0.39, 0.29) is 11.8 Å². The van der Waals surface area contributed by atoms with Crippen LogP contribution in [0.2, 0.25) is 0 Å². The number of nitrogens with zero attached hydrogens (tertiary/aromatic N) is 2. The summed E-state index contributed by atoms with van der Waals surface area (Å²) in [4.78, 5) is 30.4. The second-order valence-electron chi connectivity index (χ2n) is 8.22. The van der Waals surface area contributed by atoms with Crippen molar-refractivity contribution in [2.75, 3.05) is 9.80 Å². The summed E-state index contributed by atoms with van der Waals surface area (Å²) in [6.07, 6.45) is 6.55. The molecular weight excluding hydrogens is 501 g/mol. The lowest BCUT2D eigenvalue weighted by Gasteiger charge is -2.15. The molecule has 176 valence electrons. The fourth-order valence-electron chi connectivity index (χ4n) is 3.84. The van der Waals surface area contributed by atoms with Gasteiger partial charge in [0.15, 0.2) is 8.64 Å². The summed E-state index contributed by atoms with van der Waals surface area (Å²) in [6.45, 7) is 4.33. The number of rotatable bonds is 8. The van der Waals surface area contributed by atoms with Crippen LogP contribution in [-0.2, 0) is 22.4 Å². The van der Waals surface area contributed by atoms with E-state index in [1.165, 1.54) is 44.5 Å². The molecule has 0 atom stereocenters. The fraction of sp³-hybridized carbons (Fsp3) is 0.308. The van der Waals surface area contributed by atoms with Crippen molar-refractivity contribution >= 4 is 79.8 Å². The Morgan fingerprint density at radius 3 is 1.32 bits per heavy atom. The molecule has 0 aromatic heterocycles. The Kier molecular flexibility index (Phi) is 8.24. The minimum Gasteiger partial charge on any atom is -0.268 e. The number of benzene rings is 2. The number of carbonyl (C=O) groups is 2. The van der Waals surface area contributed by atoms with Crippen molar-refractivity contribution in [3.8, 4) is 0 Å². The lowest BCUT2D eigenvalue weighted by molar-refractivity contribution is -0.115. The van der Waals surface area contributed by atoms with E-state index in [0.29, 0.717) is 18.5 Å². The average Bonchev–Trinajstić information content (AvgIpc) is 3.30. The van der Waals surface area contributed by atoms with Crippen LogP contribution in [0.25, 0.3) is 0 Å². The molecule has 2 aliphatic heterocycles. The molecule has 2 aromatic carbocycles. The lowest BCUT2D eigenvalue weighted by atomic mass is 10.1. The van der Waals surface area contributed by atoms with Crippen LogP contribution in [0.4, 0.5) is 11.4 Å². The Labute approximate surface area is 220 Å². The Balaban J connectivity index is 1.55. The molecule has 2 aromatic rings. The van der Waals surface area contributed by atoms with Gasteiger partial charge in [0.1, 0.15) is 0 Å². The standard InChI is InChI=1S/C26H26N2O2S4/c1-3-5-7-17-9-13-19(14-10-17)27-23(29)21(33-25(27)31)22-24(30)28(26(32)34-22)20-15-11-18(12-16-20)8-6-4-2/h9-16H,3-8H2,1-2H3/b22-21+. The number of thiocarbonyl (C=S) groups is 2. The Morgan fingerprint density at radius 2 is 1.00 bits per heavy atom. The third-order valence-corrected chi connectivity index (χ3v) is 8.65. The summed E-state index contributed by atoms with van der Waals surface area (Å²) in [5.41, 5.74) is 3.90. The maximum atomic E-state index is 13.3. The zero-order chi connectivity index (χ0) is 24.2. The molecule has 34 heavy (non-hydrogen) atoms. The Bertz CT molecular complexity index is 1060. The summed E-state index contributed by atoms with van der Waals surface area (Å²) < 4.78 is 0.846. The SMILES string of the molecule is CCCCc1ccc(N2C(=O)/C(=C3\SC(=S)N(c4ccc(CCCC)cc4)C3=O)SC2=S)cc1. The van der Waals surface area contributed by atoms with Gasteiger partial charge in [0, 0.05) is 0 Å². The van der Waals surface area contributed by atoms with Gasteiger partial charge in [0.2, 0.25) is 0 Å². The molecule has 2 saturated heterocycles. The monoisotopic (exact) mass is 526 g/mol. The second kappa shape index (κ2) is 11.2. The van der Waals surface area contributed by atoms with Gasteiger partial charge >= 0.3 is 0 Å². The van der Waals surface area contributed by atoms with Gasteiger partial charge in [-0.1, -0.05) is 98.9 Å². The van der Waals surface area contributed by atoms with Crippen LogP contribution in [0, 0.1) is 0 Å². The van der Waals surface area contributed by atoms with Crippen LogP contribution in [0.1, 0.15) is 50.7 Å². The Morgan fingerprint density at radius 1 is 0.647 bits per heavy atom. The normalized spacial score (nSPS) is 18.5. The molecule has 0 aliphatic carbocycles. The first-order valence-corrected chi connectivity index (χ1v) is 13.9. The van der Waals surface area contributed by atoms with Crippen LogP contribution in [0.15, 0.2) is 58.3 Å². The molecule has 0 radical (unpaired) electrons. The maximum Gasteiger partial charge on any atom is 0.272 e. The predicted octanol–water partition coefficient (Wildman–Crippen LogP) is 7.01. The summed E-state index contributed by atoms with van der Waals surface area (Å²) in [5, 5.41) is 0. The summed E-state index contributed by atoms with van der Waals surface area (Å²) in [7, 11) is 0. The Hall–Kier alpha value is -2.00. The highest BCUT2D eigenvalue weighted by Gasteiger charge is 2.43. The van der Waals surface area contributed by atoms with Crippen LogP contribution in [0.5, 0.6) is 0 Å². The smallest absolute Gasteiger partial charge is 0.268 e. The summed E-state index contributed by atoms with van der Waals surface area (Å²) in [5.74, 6) is -0.543. The van der Waals surface area contributed by atoms with Crippen molar-refractivity contribution in [2.45, 2.75) is 52.4 Å². The number of carbonyl (C=O) groups excluding carboxylic acids is 2. The third kappa shape index (κ3) is 5.15. The van der Waals surface area contributed by atoms with Crippen LogP contribution < -0.4 is 9.80 Å². The number of hydrogen-bond donors (Lipinski definition) is 0. The molecule has 2 fully saturated rings. The molecule has 0 spiro atoms. The molecule has 4 rings (SSSR count). The van der Waals surface area contributed by atoms with Crippen LogP contribution in [0.3, 0.4) is 0 Å². The largest absolute Gasteiger partial charge is 0.272 e. The summed E-state index contributed by atoms with van der Waals surface area (Å²) >= 11 is 13.4. The number of amides is 2. The molecule has 8 heteroatoms. The van der Waals surface area contributed by atoms with Crippen LogP contribution >= 0.6 is 48.0 Å². The molecule has 2 amide bonds. The van der Waals surface area contributed by atoms with E-state index in [2.05, 4.69) is 13.8 Å². The maximum absolute atomic E-state index is 13.3. The summed E-state index contributed by atoms with van der Waals surface area (Å²) in [6, 6.07) is 15.8. The van der Waals surface area contributed by atoms with Crippen molar-refractivity contribution in [1.29, 1.82) is 0 Å². The third-order valence-electron chi connectivity index (χ3n) is 5.77. The van der Waals surface area contributed by atoms with E-state index in [0.717, 1.165) is 49.9 Å². The lowest BCUT2D eigenvalue weighted by Crippen LogP contribution is -2.29. The number of hydrogen-bond acceptors (Lipinski definition) is 6. The van der Waals surface area contributed by atoms with Gasteiger partial charge in [-0.3, -0.25) is 19.4 Å². The topological polar surface area (TPSA) is 40.6 Å². The van der Waals surface area contributed by atoms with E-state index in [1.807, 2.05) is 48.5 Å². The molecule has 2 heterocycles. The number of unbranched alkanes of at least 4 members (excludes halogenated alkanes) is 2. The van der Waals surface area contributed by atoms with Gasteiger partial charge in [-0.05, 0) is 61.1 Å². The molecule has 2 aliphatic rings. The minimum atomic E-state index is -0.272. The van der Waals surface area contributed by atoms with E-state index < -0.39 is 0 Å². The molecular formula is C26H26N2O2S4. The first-order valence-electron chi connectivity index (χ1n) is 11.5. The second-order valence-corrected chi connectivity index (χ2v) is 11.5. The van der Waals surface area contributed by atoms with E-state index in [1.54, 1.807) is 0 Å². The van der Waals surface area contributed by atoms with Gasteiger partial charge in [-0.15, -0.1) is 0 Å². The highest BCUT2D eigenvalue weighted by Crippen LogP contribution is 2.44. The zero-order valence-corrected chi connectivity index (χ0v) is 22.5. The molecule has 0 bridgehead atoms. The van der Waals surface area contributed by atoms with Gasteiger partial charge in [0.25, 0.3) is 11.8 Å². The number of aryl methyl sites for hydroxylation is 2. The van der Waals surface area contributed by atoms with Gasteiger partial charge in [0.05, 0.1) is 21.2 Å². The van der Waals surface area contributed by atoms with Crippen molar-refractivity contribution in [3.05, 3.63) is 69.5 Å². The van der Waals surface area contributed by atoms with Gasteiger partial charge < -0.3 is 0 Å². The first-order chi connectivity index (χ1) is 16.4. The van der Waals surface area contributed by atoms with Crippen molar-refractivity contribution in [2.24, 2.45) is 0 Å². The van der Waals surface area contributed by atoms with E-state index in [9.17, 15) is 9.59 Å². The van der Waals surface area contributed by atoms with Crippen molar-refractivity contribution in [1.82, 2.24) is 0 Å².